The molecule has 9 rings (SSSR count). The number of hydrogen-bond acceptors (Lipinski definition) is 2. The average molecular weight is 576 g/mol. The summed E-state index contributed by atoms with van der Waals surface area (Å²) >= 11 is 0. The SMILES string of the molecule is [C-]#[N+]c1ccc2c(c1)c1c3c(ccc1n2-c1cccc(-n2c4ccccc4c4cc(C#N)ccc42)n1)-c1ccccc1C3(C)C. The molecule has 5 aromatic carbocycles. The molecule has 0 bridgehead atoms. The van der Waals surface area contributed by atoms with Crippen molar-refractivity contribution in [2.45, 2.75) is 19.3 Å². The van der Waals surface area contributed by atoms with Crippen LogP contribution in [0.3, 0.4) is 0 Å². The summed E-state index contributed by atoms with van der Waals surface area (Å²) in [5, 5.41) is 13.9. The highest BCUT2D eigenvalue weighted by Gasteiger charge is 2.38. The third-order valence-corrected chi connectivity index (χ3v) is 9.54. The second-order valence-corrected chi connectivity index (χ2v) is 12.3. The molecule has 0 radical (unpaired) electrons. The van der Waals surface area contributed by atoms with Crippen molar-refractivity contribution < 1.29 is 0 Å². The first-order valence-electron chi connectivity index (χ1n) is 15.0. The summed E-state index contributed by atoms with van der Waals surface area (Å²) in [7, 11) is 0. The number of rotatable bonds is 2. The van der Waals surface area contributed by atoms with Gasteiger partial charge < -0.3 is 0 Å². The predicted molar refractivity (Wildman–Crippen MR) is 181 cm³/mol. The van der Waals surface area contributed by atoms with Crippen molar-refractivity contribution in [2.75, 3.05) is 0 Å². The standard InChI is InChI=1S/C40H25N5/c1-40(2)31-11-6-4-9-26(31)28-17-20-35-38(39(28)40)30-22-25(42-3)16-19-34(30)45(35)37-14-8-13-36(43-37)44-32-12-7-5-10-27(32)29-21-24(23-41)15-18-33(29)44/h4-22H,1-2H3. The quantitative estimate of drug-likeness (QED) is 0.193. The molecule has 5 heteroatoms. The largest absolute Gasteiger partial charge is 0.294 e. The Morgan fingerprint density at radius 2 is 1.36 bits per heavy atom. The van der Waals surface area contributed by atoms with Crippen LogP contribution < -0.4 is 0 Å². The molecular weight excluding hydrogens is 550 g/mol. The van der Waals surface area contributed by atoms with E-state index in [4.69, 9.17) is 11.6 Å². The van der Waals surface area contributed by atoms with Crippen LogP contribution in [-0.4, -0.2) is 14.1 Å². The fourth-order valence-electron chi connectivity index (χ4n) is 7.64. The first kappa shape index (κ1) is 25.3. The Morgan fingerprint density at radius 3 is 2.18 bits per heavy atom. The van der Waals surface area contributed by atoms with E-state index in [1.54, 1.807) is 0 Å². The van der Waals surface area contributed by atoms with Crippen molar-refractivity contribution >= 4 is 49.3 Å². The Kier molecular flexibility index (Phi) is 5.03. The molecule has 0 amide bonds. The van der Waals surface area contributed by atoms with E-state index in [2.05, 4.69) is 101 Å². The molecule has 0 spiro atoms. The molecule has 0 saturated carbocycles. The minimum Gasteiger partial charge on any atom is -0.294 e. The lowest BCUT2D eigenvalue weighted by atomic mass is 9.80. The predicted octanol–water partition coefficient (Wildman–Crippen LogP) is 10.0. The van der Waals surface area contributed by atoms with Crippen molar-refractivity contribution in [2.24, 2.45) is 0 Å². The third kappa shape index (κ3) is 3.33. The van der Waals surface area contributed by atoms with Crippen LogP contribution in [0.15, 0.2) is 115 Å². The third-order valence-electron chi connectivity index (χ3n) is 9.54. The van der Waals surface area contributed by atoms with Gasteiger partial charge in [-0.25, -0.2) is 9.83 Å². The van der Waals surface area contributed by atoms with Crippen LogP contribution in [-0.2, 0) is 5.41 Å². The highest BCUT2D eigenvalue weighted by atomic mass is 15.1. The first-order valence-corrected chi connectivity index (χ1v) is 15.0. The maximum Gasteiger partial charge on any atom is 0.188 e. The van der Waals surface area contributed by atoms with Gasteiger partial charge in [0.1, 0.15) is 11.6 Å². The zero-order valence-electron chi connectivity index (χ0n) is 24.7. The molecular formula is C40H25N5. The number of pyridine rings is 1. The Morgan fingerprint density at radius 1 is 0.667 bits per heavy atom. The Balaban J connectivity index is 1.35. The Hall–Kier alpha value is -6.17. The lowest BCUT2D eigenvalue weighted by Crippen LogP contribution is -2.15. The van der Waals surface area contributed by atoms with E-state index in [9.17, 15) is 5.26 Å². The number of nitrogens with zero attached hydrogens (tertiary/aromatic N) is 5. The number of hydrogen-bond donors (Lipinski definition) is 0. The normalized spacial score (nSPS) is 13.2. The number of para-hydroxylation sites is 1. The van der Waals surface area contributed by atoms with Crippen LogP contribution in [0.4, 0.5) is 5.69 Å². The van der Waals surface area contributed by atoms with Gasteiger partial charge in [-0.15, -0.1) is 0 Å². The van der Waals surface area contributed by atoms with Crippen LogP contribution in [0.1, 0.15) is 30.5 Å². The fourth-order valence-corrected chi connectivity index (χ4v) is 7.64. The van der Waals surface area contributed by atoms with E-state index >= 15 is 0 Å². The molecule has 0 unspecified atom stereocenters. The summed E-state index contributed by atoms with van der Waals surface area (Å²) in [6.45, 7) is 12.4. The minimum absolute atomic E-state index is 0.209. The Bertz CT molecular complexity index is 2650. The second kappa shape index (κ2) is 8.92. The molecule has 8 aromatic rings. The molecule has 1 aliphatic carbocycles. The minimum atomic E-state index is -0.209. The van der Waals surface area contributed by atoms with E-state index in [-0.39, 0.29) is 5.41 Å². The van der Waals surface area contributed by atoms with Crippen molar-refractivity contribution in [1.29, 1.82) is 5.26 Å². The summed E-state index contributed by atoms with van der Waals surface area (Å²) in [6.07, 6.45) is 0. The van der Waals surface area contributed by atoms with Gasteiger partial charge in [0.05, 0.1) is 40.3 Å². The maximum absolute atomic E-state index is 9.59. The lowest BCUT2D eigenvalue weighted by molar-refractivity contribution is 0.666. The van der Waals surface area contributed by atoms with E-state index < -0.39 is 0 Å². The highest BCUT2D eigenvalue weighted by Crippen LogP contribution is 2.53. The lowest BCUT2D eigenvalue weighted by Gasteiger charge is -2.22. The van der Waals surface area contributed by atoms with Crippen LogP contribution in [0, 0.1) is 17.9 Å². The topological polar surface area (TPSA) is 50.9 Å². The molecule has 45 heavy (non-hydrogen) atoms. The van der Waals surface area contributed by atoms with Crippen molar-refractivity contribution in [3.63, 3.8) is 0 Å². The fraction of sp³-hybridized carbons (Fsp3) is 0.0750. The van der Waals surface area contributed by atoms with E-state index in [0.29, 0.717) is 11.3 Å². The maximum atomic E-state index is 9.59. The van der Waals surface area contributed by atoms with Crippen molar-refractivity contribution in [1.82, 2.24) is 14.1 Å². The summed E-state index contributed by atoms with van der Waals surface area (Å²) in [5.41, 5.74) is 10.3. The van der Waals surface area contributed by atoms with Crippen LogP contribution in [0.25, 0.3) is 71.2 Å². The van der Waals surface area contributed by atoms with Gasteiger partial charge in [-0.2, -0.15) is 5.26 Å². The van der Waals surface area contributed by atoms with E-state index in [1.165, 1.54) is 27.6 Å². The van der Waals surface area contributed by atoms with Gasteiger partial charge in [0, 0.05) is 21.6 Å². The zero-order chi connectivity index (χ0) is 30.4. The Labute approximate surface area is 259 Å². The molecule has 5 nitrogen and oxygen atoms in total. The van der Waals surface area contributed by atoms with Crippen molar-refractivity contribution in [3.05, 3.63) is 143 Å². The number of nitriles is 1. The van der Waals surface area contributed by atoms with Crippen LogP contribution >= 0.6 is 0 Å². The number of fused-ring (bicyclic) bond motifs is 10. The highest BCUT2D eigenvalue weighted by molar-refractivity contribution is 6.15. The van der Waals surface area contributed by atoms with Crippen LogP contribution in [0.2, 0.25) is 0 Å². The molecule has 0 atom stereocenters. The number of aromatic nitrogens is 3. The van der Waals surface area contributed by atoms with Gasteiger partial charge in [0.15, 0.2) is 5.69 Å². The molecule has 0 fully saturated rings. The monoisotopic (exact) mass is 575 g/mol. The smallest absolute Gasteiger partial charge is 0.188 e. The zero-order valence-corrected chi connectivity index (χ0v) is 24.7. The summed E-state index contributed by atoms with van der Waals surface area (Å²) in [6, 6.07) is 41.7. The van der Waals surface area contributed by atoms with Gasteiger partial charge in [0.25, 0.3) is 0 Å². The molecule has 0 saturated heterocycles. The van der Waals surface area contributed by atoms with Gasteiger partial charge in [0.2, 0.25) is 0 Å². The van der Waals surface area contributed by atoms with E-state index in [0.717, 1.165) is 49.9 Å². The molecule has 0 N–H and O–H groups in total. The molecule has 3 heterocycles. The van der Waals surface area contributed by atoms with Crippen molar-refractivity contribution in [3.8, 4) is 28.8 Å². The molecule has 210 valence electrons. The summed E-state index contributed by atoms with van der Waals surface area (Å²) in [5.74, 6) is 1.60. The van der Waals surface area contributed by atoms with Crippen LogP contribution in [0.5, 0.6) is 0 Å². The van der Waals surface area contributed by atoms with Gasteiger partial charge in [-0.3, -0.25) is 9.13 Å². The van der Waals surface area contributed by atoms with Gasteiger partial charge >= 0.3 is 0 Å². The number of benzene rings is 5. The molecule has 1 aliphatic rings. The molecule has 3 aromatic heterocycles. The summed E-state index contributed by atoms with van der Waals surface area (Å²) in [4.78, 5) is 9.11. The first-order chi connectivity index (χ1) is 22.0. The second-order valence-electron chi connectivity index (χ2n) is 12.3. The van der Waals surface area contributed by atoms with Gasteiger partial charge in [-0.1, -0.05) is 74.5 Å². The summed E-state index contributed by atoms with van der Waals surface area (Å²) < 4.78 is 4.42. The average Bonchev–Trinajstić information content (AvgIpc) is 3.67. The molecule has 0 aliphatic heterocycles. The van der Waals surface area contributed by atoms with E-state index in [1.807, 2.05) is 48.5 Å². The van der Waals surface area contributed by atoms with Gasteiger partial charge in [-0.05, 0) is 82.2 Å².